The Morgan fingerprint density at radius 1 is 1.12 bits per heavy atom. The lowest BCUT2D eigenvalue weighted by atomic mass is 10.2. The van der Waals surface area contributed by atoms with Gasteiger partial charge in [0.25, 0.3) is 0 Å². The fourth-order valence-corrected chi connectivity index (χ4v) is 1.87. The Morgan fingerprint density at radius 2 is 1.76 bits per heavy atom. The van der Waals surface area contributed by atoms with E-state index in [9.17, 15) is 0 Å². The van der Waals surface area contributed by atoms with Gasteiger partial charge in [0, 0.05) is 22.8 Å². The van der Waals surface area contributed by atoms with E-state index in [0.29, 0.717) is 10.7 Å². The molecule has 0 aliphatic heterocycles. The highest BCUT2D eigenvalue weighted by Gasteiger charge is 2.02. The summed E-state index contributed by atoms with van der Waals surface area (Å²) in [6, 6.07) is 9.29. The monoisotopic (exact) mass is 247 g/mol. The number of nitrogen functional groups attached to an aromatic ring is 1. The SMILES string of the molecule is Cc1cc(Nc2cc(N)ccc2Cl)cc(C)n1. The summed E-state index contributed by atoms with van der Waals surface area (Å²) >= 11 is 6.09. The Balaban J connectivity index is 2.34. The molecule has 0 aliphatic carbocycles. The van der Waals surface area contributed by atoms with Crippen LogP contribution in [0.5, 0.6) is 0 Å². The second-order valence-corrected chi connectivity index (χ2v) is 4.41. The van der Waals surface area contributed by atoms with Crippen LogP contribution in [-0.4, -0.2) is 4.98 Å². The predicted molar refractivity (Wildman–Crippen MR) is 72.9 cm³/mol. The van der Waals surface area contributed by atoms with Crippen molar-refractivity contribution in [2.45, 2.75) is 13.8 Å². The first-order valence-electron chi connectivity index (χ1n) is 5.32. The smallest absolute Gasteiger partial charge is 0.0642 e. The van der Waals surface area contributed by atoms with E-state index in [-0.39, 0.29) is 0 Å². The molecule has 0 saturated heterocycles. The van der Waals surface area contributed by atoms with Crippen LogP contribution in [0.2, 0.25) is 5.02 Å². The zero-order chi connectivity index (χ0) is 12.4. The average Bonchev–Trinajstić information content (AvgIpc) is 2.22. The zero-order valence-electron chi connectivity index (χ0n) is 9.79. The molecule has 0 fully saturated rings. The summed E-state index contributed by atoms with van der Waals surface area (Å²) in [5, 5.41) is 3.89. The van der Waals surface area contributed by atoms with Gasteiger partial charge in [-0.1, -0.05) is 11.6 Å². The fraction of sp³-hybridized carbons (Fsp3) is 0.154. The molecule has 4 heteroatoms. The molecule has 1 aromatic heterocycles. The number of pyridine rings is 1. The first-order valence-corrected chi connectivity index (χ1v) is 5.70. The number of rotatable bonds is 2. The zero-order valence-corrected chi connectivity index (χ0v) is 10.5. The molecule has 0 saturated carbocycles. The first kappa shape index (κ1) is 11.7. The number of hydrogen-bond acceptors (Lipinski definition) is 3. The number of nitrogens with zero attached hydrogens (tertiary/aromatic N) is 1. The van der Waals surface area contributed by atoms with Crippen LogP contribution < -0.4 is 11.1 Å². The van der Waals surface area contributed by atoms with Gasteiger partial charge in [-0.15, -0.1) is 0 Å². The van der Waals surface area contributed by atoms with Gasteiger partial charge in [0.2, 0.25) is 0 Å². The van der Waals surface area contributed by atoms with Gasteiger partial charge in [0.05, 0.1) is 10.7 Å². The van der Waals surface area contributed by atoms with E-state index in [1.165, 1.54) is 0 Å². The molecule has 0 amide bonds. The number of aromatic nitrogens is 1. The average molecular weight is 248 g/mol. The second-order valence-electron chi connectivity index (χ2n) is 4.00. The van der Waals surface area contributed by atoms with E-state index in [1.807, 2.05) is 32.0 Å². The van der Waals surface area contributed by atoms with E-state index in [2.05, 4.69) is 10.3 Å². The van der Waals surface area contributed by atoms with Gasteiger partial charge in [-0.3, -0.25) is 4.98 Å². The molecule has 0 unspecified atom stereocenters. The lowest BCUT2D eigenvalue weighted by molar-refractivity contribution is 1.12. The maximum absolute atomic E-state index is 6.09. The molecule has 88 valence electrons. The van der Waals surface area contributed by atoms with Crippen molar-refractivity contribution in [2.24, 2.45) is 0 Å². The van der Waals surface area contributed by atoms with Crippen molar-refractivity contribution in [3.05, 3.63) is 46.7 Å². The molecular formula is C13H14ClN3. The first-order chi connectivity index (χ1) is 8.04. The molecule has 3 N–H and O–H groups in total. The van der Waals surface area contributed by atoms with Gasteiger partial charge in [0.1, 0.15) is 0 Å². The Kier molecular flexibility index (Phi) is 3.20. The molecule has 2 rings (SSSR count). The Bertz CT molecular complexity index is 532. The molecule has 0 bridgehead atoms. The van der Waals surface area contributed by atoms with Gasteiger partial charge >= 0.3 is 0 Å². The topological polar surface area (TPSA) is 50.9 Å². The molecule has 3 nitrogen and oxygen atoms in total. The number of nitrogens with one attached hydrogen (secondary N) is 1. The third-order valence-corrected chi connectivity index (χ3v) is 2.68. The van der Waals surface area contributed by atoms with Crippen LogP contribution in [-0.2, 0) is 0 Å². The molecular weight excluding hydrogens is 234 g/mol. The van der Waals surface area contributed by atoms with Crippen LogP contribution in [0.15, 0.2) is 30.3 Å². The van der Waals surface area contributed by atoms with Crippen LogP contribution in [0.1, 0.15) is 11.4 Å². The van der Waals surface area contributed by atoms with Crippen molar-refractivity contribution in [3.63, 3.8) is 0 Å². The van der Waals surface area contributed by atoms with Gasteiger partial charge in [-0.2, -0.15) is 0 Å². The Morgan fingerprint density at radius 3 is 2.41 bits per heavy atom. The standard InChI is InChI=1S/C13H14ClN3/c1-8-5-11(6-9(2)16-8)17-13-7-10(15)3-4-12(13)14/h3-7H,15H2,1-2H3,(H,16,17). The second kappa shape index (κ2) is 4.63. The van der Waals surface area contributed by atoms with E-state index >= 15 is 0 Å². The molecule has 1 aromatic carbocycles. The molecule has 2 aromatic rings. The van der Waals surface area contributed by atoms with Crippen LogP contribution >= 0.6 is 11.6 Å². The summed E-state index contributed by atoms with van der Waals surface area (Å²) in [4.78, 5) is 4.32. The summed E-state index contributed by atoms with van der Waals surface area (Å²) in [7, 11) is 0. The molecule has 0 atom stereocenters. The molecule has 0 spiro atoms. The normalized spacial score (nSPS) is 10.3. The van der Waals surface area contributed by atoms with E-state index in [0.717, 1.165) is 22.8 Å². The number of anilines is 3. The minimum Gasteiger partial charge on any atom is -0.399 e. The van der Waals surface area contributed by atoms with Crippen LogP contribution in [0.3, 0.4) is 0 Å². The van der Waals surface area contributed by atoms with Gasteiger partial charge in [0.15, 0.2) is 0 Å². The van der Waals surface area contributed by atoms with Gasteiger partial charge < -0.3 is 11.1 Å². The molecule has 17 heavy (non-hydrogen) atoms. The van der Waals surface area contributed by atoms with Gasteiger partial charge in [-0.05, 0) is 44.2 Å². The highest BCUT2D eigenvalue weighted by molar-refractivity contribution is 6.33. The third-order valence-electron chi connectivity index (χ3n) is 2.35. The largest absolute Gasteiger partial charge is 0.399 e. The Labute approximate surface area is 106 Å². The number of hydrogen-bond donors (Lipinski definition) is 2. The minimum atomic E-state index is 0.645. The van der Waals surface area contributed by atoms with E-state index in [4.69, 9.17) is 17.3 Å². The highest BCUT2D eigenvalue weighted by Crippen LogP contribution is 2.27. The number of aryl methyl sites for hydroxylation is 2. The summed E-state index contributed by atoms with van der Waals surface area (Å²) in [6.45, 7) is 3.91. The summed E-state index contributed by atoms with van der Waals surface area (Å²) < 4.78 is 0. The molecule has 0 aliphatic rings. The maximum atomic E-state index is 6.09. The maximum Gasteiger partial charge on any atom is 0.0642 e. The van der Waals surface area contributed by atoms with Crippen molar-refractivity contribution in [3.8, 4) is 0 Å². The van der Waals surface area contributed by atoms with Crippen molar-refractivity contribution in [1.29, 1.82) is 0 Å². The van der Waals surface area contributed by atoms with Crippen molar-refractivity contribution in [1.82, 2.24) is 4.98 Å². The third kappa shape index (κ3) is 2.88. The Hall–Kier alpha value is -1.74. The molecule has 0 radical (unpaired) electrons. The van der Waals surface area contributed by atoms with E-state index < -0.39 is 0 Å². The van der Waals surface area contributed by atoms with Crippen molar-refractivity contribution in [2.75, 3.05) is 11.1 Å². The summed E-state index contributed by atoms with van der Waals surface area (Å²) in [5.41, 5.74) is 10.1. The van der Waals surface area contributed by atoms with Gasteiger partial charge in [-0.25, -0.2) is 0 Å². The van der Waals surface area contributed by atoms with Crippen molar-refractivity contribution < 1.29 is 0 Å². The van der Waals surface area contributed by atoms with Crippen LogP contribution in [0.4, 0.5) is 17.1 Å². The van der Waals surface area contributed by atoms with E-state index in [1.54, 1.807) is 12.1 Å². The van der Waals surface area contributed by atoms with Crippen LogP contribution in [0.25, 0.3) is 0 Å². The summed E-state index contributed by atoms with van der Waals surface area (Å²) in [6.07, 6.45) is 0. The fourth-order valence-electron chi connectivity index (χ4n) is 1.70. The molecule has 1 heterocycles. The number of halogens is 1. The van der Waals surface area contributed by atoms with Crippen LogP contribution in [0, 0.1) is 13.8 Å². The van der Waals surface area contributed by atoms with Crippen molar-refractivity contribution >= 4 is 28.7 Å². The number of nitrogens with two attached hydrogens (primary N) is 1. The highest BCUT2D eigenvalue weighted by atomic mass is 35.5. The lowest BCUT2D eigenvalue weighted by Gasteiger charge is -2.10. The quantitative estimate of drug-likeness (QED) is 0.796. The minimum absolute atomic E-state index is 0.645. The predicted octanol–water partition coefficient (Wildman–Crippen LogP) is 3.68. The summed E-state index contributed by atoms with van der Waals surface area (Å²) in [5.74, 6) is 0. The lowest BCUT2D eigenvalue weighted by Crippen LogP contribution is -1.96. The number of benzene rings is 1.